The van der Waals surface area contributed by atoms with E-state index in [4.69, 9.17) is 9.47 Å². The molecule has 6 heteroatoms. The zero-order chi connectivity index (χ0) is 23.3. The van der Waals surface area contributed by atoms with Crippen molar-refractivity contribution in [2.75, 3.05) is 14.2 Å². The quantitative estimate of drug-likeness (QED) is 0.559. The topological polar surface area (TPSA) is 82.1 Å². The Labute approximate surface area is 179 Å². The summed E-state index contributed by atoms with van der Waals surface area (Å²) in [6.07, 6.45) is 0.899. The number of benzene rings is 2. The number of carbonyl (C=O) groups excluding carboxylic acids is 1. The summed E-state index contributed by atoms with van der Waals surface area (Å²) in [4.78, 5) is 22.6. The third kappa shape index (κ3) is 7.78. The molecule has 0 bridgehead atoms. The minimum atomic E-state index is -1.08. The molecule has 0 heterocycles. The number of rotatable bonds is 7. The fourth-order valence-corrected chi connectivity index (χ4v) is 2.73. The van der Waals surface area contributed by atoms with E-state index in [2.05, 4.69) is 4.74 Å². The molecule has 2 aromatic rings. The Hall–Kier alpha value is -3.02. The predicted octanol–water partition coefficient (Wildman–Crippen LogP) is 5.96. The maximum Gasteiger partial charge on any atom is 0.339 e. The number of carboxylic acid groups (broad SMARTS) is 1. The lowest BCUT2D eigenvalue weighted by atomic mass is 10.0. The van der Waals surface area contributed by atoms with E-state index in [-0.39, 0.29) is 17.3 Å². The number of hydrogen-bond donors (Lipinski definition) is 1. The second-order valence-corrected chi connectivity index (χ2v) is 5.90. The van der Waals surface area contributed by atoms with Gasteiger partial charge in [0.05, 0.1) is 14.2 Å². The predicted molar refractivity (Wildman–Crippen MR) is 119 cm³/mol. The van der Waals surface area contributed by atoms with Crippen LogP contribution in [0.1, 0.15) is 61.2 Å². The number of ether oxygens (including phenoxy) is 3. The summed E-state index contributed by atoms with van der Waals surface area (Å²) in [5.74, 6) is 0.0143. The summed E-state index contributed by atoms with van der Waals surface area (Å²) in [7, 11) is 2.79. The van der Waals surface area contributed by atoms with Crippen molar-refractivity contribution in [1.29, 1.82) is 0 Å². The van der Waals surface area contributed by atoms with E-state index < -0.39 is 5.97 Å². The largest absolute Gasteiger partial charge is 0.496 e. The van der Waals surface area contributed by atoms with Gasteiger partial charge in [-0.05, 0) is 55.2 Å². The lowest BCUT2D eigenvalue weighted by molar-refractivity contribution is -0.140. The van der Waals surface area contributed by atoms with Crippen molar-refractivity contribution >= 4 is 11.9 Å². The van der Waals surface area contributed by atoms with Gasteiger partial charge < -0.3 is 19.3 Å². The molecule has 0 aliphatic carbocycles. The number of aromatic carboxylic acids is 1. The van der Waals surface area contributed by atoms with Crippen molar-refractivity contribution in [2.45, 2.75) is 54.4 Å². The van der Waals surface area contributed by atoms with E-state index >= 15 is 0 Å². The minimum absolute atomic E-state index is 0.0370. The second kappa shape index (κ2) is 14.0. The van der Waals surface area contributed by atoms with E-state index in [1.807, 2.05) is 53.7 Å². The highest BCUT2D eigenvalue weighted by Crippen LogP contribution is 2.32. The summed E-state index contributed by atoms with van der Waals surface area (Å²) in [6.45, 7) is 11.8. The van der Waals surface area contributed by atoms with Gasteiger partial charge in [0.25, 0.3) is 0 Å². The van der Waals surface area contributed by atoms with Gasteiger partial charge in [0.15, 0.2) is 0 Å². The molecule has 0 amide bonds. The van der Waals surface area contributed by atoms with Gasteiger partial charge in [-0.1, -0.05) is 39.8 Å². The molecule has 0 unspecified atom stereocenters. The van der Waals surface area contributed by atoms with Crippen LogP contribution >= 0.6 is 0 Å². The van der Waals surface area contributed by atoms with Crippen molar-refractivity contribution in [3.05, 3.63) is 52.6 Å². The van der Waals surface area contributed by atoms with Gasteiger partial charge in [-0.15, -0.1) is 0 Å². The molecule has 0 aliphatic heterocycles. The van der Waals surface area contributed by atoms with Crippen molar-refractivity contribution in [1.82, 2.24) is 0 Å². The van der Waals surface area contributed by atoms with Crippen LogP contribution in [0.2, 0.25) is 0 Å². The van der Waals surface area contributed by atoms with Gasteiger partial charge >= 0.3 is 11.9 Å². The molecule has 30 heavy (non-hydrogen) atoms. The Kier molecular flexibility index (Phi) is 12.6. The molecule has 0 radical (unpaired) electrons. The highest BCUT2D eigenvalue weighted by molar-refractivity contribution is 5.91. The Bertz CT molecular complexity index is 803. The van der Waals surface area contributed by atoms with Gasteiger partial charge in [-0.2, -0.15) is 0 Å². The summed E-state index contributed by atoms with van der Waals surface area (Å²) in [6, 6.07) is 8.56. The monoisotopic (exact) mass is 418 g/mol. The van der Waals surface area contributed by atoms with E-state index in [1.165, 1.54) is 20.3 Å². The van der Waals surface area contributed by atoms with Crippen LogP contribution in [0.3, 0.4) is 0 Å². The fraction of sp³-hybridized carbons (Fsp3) is 0.417. The van der Waals surface area contributed by atoms with Gasteiger partial charge in [-0.25, -0.2) is 4.79 Å². The lowest BCUT2D eigenvalue weighted by Crippen LogP contribution is -2.03. The van der Waals surface area contributed by atoms with Crippen LogP contribution in [0.15, 0.2) is 30.3 Å². The first-order valence-corrected chi connectivity index (χ1v) is 10.1. The molecule has 1 N–H and O–H groups in total. The summed E-state index contributed by atoms with van der Waals surface area (Å²) in [5.41, 5.74) is 2.85. The molecule has 0 saturated heterocycles. The maximum absolute atomic E-state index is 11.3. The van der Waals surface area contributed by atoms with Crippen LogP contribution in [0.5, 0.6) is 17.2 Å². The van der Waals surface area contributed by atoms with Crippen LogP contribution in [-0.2, 0) is 16.0 Å². The number of aryl methyl sites for hydroxylation is 3. The van der Waals surface area contributed by atoms with Crippen LogP contribution in [0, 0.1) is 13.8 Å². The molecule has 0 aliphatic rings. The molecular weight excluding hydrogens is 384 g/mol. The SMILES string of the molecule is CC.CC.COC(=O)CCc1cc(C)c(Oc2ccc(OC)c(C(=O)O)c2)c(C)c1. The van der Waals surface area contributed by atoms with Crippen molar-refractivity contribution in [3.8, 4) is 17.2 Å². The molecule has 0 spiro atoms. The average molecular weight is 419 g/mol. The van der Waals surface area contributed by atoms with Gasteiger partial charge in [0, 0.05) is 6.42 Å². The second-order valence-electron chi connectivity index (χ2n) is 5.90. The molecule has 2 rings (SSSR count). The van der Waals surface area contributed by atoms with Gasteiger partial charge in [0.2, 0.25) is 0 Å². The molecule has 2 aromatic carbocycles. The zero-order valence-corrected chi connectivity index (χ0v) is 19.3. The van der Waals surface area contributed by atoms with E-state index in [0.29, 0.717) is 24.3 Å². The van der Waals surface area contributed by atoms with Gasteiger partial charge in [0.1, 0.15) is 22.8 Å². The van der Waals surface area contributed by atoms with Crippen molar-refractivity contribution < 1.29 is 28.9 Å². The van der Waals surface area contributed by atoms with Gasteiger partial charge in [-0.3, -0.25) is 4.79 Å². The summed E-state index contributed by atoms with van der Waals surface area (Å²) < 4.78 is 15.6. The highest BCUT2D eigenvalue weighted by Gasteiger charge is 2.14. The molecular formula is C24H34O6. The molecule has 6 nitrogen and oxygen atoms in total. The first-order chi connectivity index (χ1) is 14.3. The number of carbonyl (C=O) groups is 2. The molecule has 0 saturated carbocycles. The lowest BCUT2D eigenvalue weighted by Gasteiger charge is -2.15. The number of hydrogen-bond acceptors (Lipinski definition) is 5. The van der Waals surface area contributed by atoms with Crippen molar-refractivity contribution in [2.24, 2.45) is 0 Å². The van der Waals surface area contributed by atoms with Crippen LogP contribution in [-0.4, -0.2) is 31.3 Å². The Morgan fingerprint density at radius 3 is 1.97 bits per heavy atom. The number of esters is 1. The third-order valence-corrected chi connectivity index (χ3v) is 3.99. The number of methoxy groups -OCH3 is 2. The molecule has 166 valence electrons. The standard InChI is InChI=1S/C20H22O6.2C2H6/c1-12-9-14(5-8-18(21)25-4)10-13(2)19(12)26-15-6-7-17(24-3)16(11-15)20(22)23;2*1-2/h6-7,9-11H,5,8H2,1-4H3,(H,22,23);2*1-2H3. The van der Waals surface area contributed by atoms with Crippen LogP contribution < -0.4 is 9.47 Å². The normalized spacial score (nSPS) is 9.33. The first-order valence-electron chi connectivity index (χ1n) is 10.1. The highest BCUT2D eigenvalue weighted by atomic mass is 16.5. The van der Waals surface area contributed by atoms with E-state index in [9.17, 15) is 14.7 Å². The Morgan fingerprint density at radius 1 is 0.933 bits per heavy atom. The van der Waals surface area contributed by atoms with Crippen molar-refractivity contribution in [3.63, 3.8) is 0 Å². The van der Waals surface area contributed by atoms with Crippen LogP contribution in [0.25, 0.3) is 0 Å². The van der Waals surface area contributed by atoms with Crippen LogP contribution in [0.4, 0.5) is 0 Å². The van der Waals surface area contributed by atoms with E-state index in [1.54, 1.807) is 12.1 Å². The molecule has 0 fully saturated rings. The number of carboxylic acids is 1. The first kappa shape index (κ1) is 27.0. The van der Waals surface area contributed by atoms with E-state index in [0.717, 1.165) is 16.7 Å². The fourth-order valence-electron chi connectivity index (χ4n) is 2.73. The minimum Gasteiger partial charge on any atom is -0.496 e. The maximum atomic E-state index is 11.3. The molecule has 0 atom stereocenters. The average Bonchev–Trinajstić information content (AvgIpc) is 2.77. The smallest absolute Gasteiger partial charge is 0.339 e. The zero-order valence-electron chi connectivity index (χ0n) is 19.3. The summed E-state index contributed by atoms with van der Waals surface area (Å²) in [5, 5.41) is 9.28. The summed E-state index contributed by atoms with van der Waals surface area (Å²) >= 11 is 0. The third-order valence-electron chi connectivity index (χ3n) is 3.99. The Balaban J connectivity index is 0.00000198. The molecule has 0 aromatic heterocycles. The Morgan fingerprint density at radius 2 is 1.50 bits per heavy atom.